The molecule has 3 rings (SSSR count). The van der Waals surface area contributed by atoms with Crippen LogP contribution in [0.15, 0.2) is 47.4 Å². The molecule has 2 aromatic rings. The number of rotatable bonds is 6. The molecule has 1 aliphatic rings. The molecule has 0 spiro atoms. The predicted octanol–water partition coefficient (Wildman–Crippen LogP) is 2.00. The highest BCUT2D eigenvalue weighted by Gasteiger charge is 2.27. The number of benzene rings is 2. The molecule has 0 aliphatic carbocycles. The number of primary amides is 1. The summed E-state index contributed by atoms with van der Waals surface area (Å²) < 4.78 is 32.9. The summed E-state index contributed by atoms with van der Waals surface area (Å²) in [5, 5.41) is 0. The fourth-order valence-corrected chi connectivity index (χ4v) is 5.01. The molecule has 0 saturated carbocycles. The molecular formula is C21H27N3O4S. The maximum absolute atomic E-state index is 13.1. The van der Waals surface area contributed by atoms with Gasteiger partial charge in [-0.3, -0.25) is 9.69 Å². The number of nitrogens with two attached hydrogens (primary N) is 1. The fourth-order valence-electron chi connectivity index (χ4n) is 3.51. The molecule has 1 saturated heterocycles. The molecule has 0 aromatic heterocycles. The van der Waals surface area contributed by atoms with E-state index in [0.717, 1.165) is 30.8 Å². The topological polar surface area (TPSA) is 92.9 Å². The van der Waals surface area contributed by atoms with Gasteiger partial charge in [0.25, 0.3) is 0 Å². The van der Waals surface area contributed by atoms with Gasteiger partial charge in [0.2, 0.25) is 15.9 Å². The fraction of sp³-hybridized carbons (Fsp3) is 0.381. The number of methoxy groups -OCH3 is 1. The normalized spacial score (nSPS) is 16.3. The van der Waals surface area contributed by atoms with Crippen LogP contribution in [-0.4, -0.2) is 56.8 Å². The first kappa shape index (κ1) is 21.3. The molecule has 1 fully saturated rings. The molecular weight excluding hydrogens is 390 g/mol. The molecule has 1 amide bonds. The van der Waals surface area contributed by atoms with Gasteiger partial charge in [-0.15, -0.1) is 0 Å². The van der Waals surface area contributed by atoms with Crippen LogP contribution >= 0.6 is 0 Å². The Balaban J connectivity index is 1.71. The third kappa shape index (κ3) is 4.95. The van der Waals surface area contributed by atoms with E-state index in [1.807, 2.05) is 24.3 Å². The lowest BCUT2D eigenvalue weighted by Crippen LogP contribution is -2.35. The number of ether oxygens (including phenoxy) is 1. The number of hydrogen-bond donors (Lipinski definition) is 1. The molecule has 29 heavy (non-hydrogen) atoms. The van der Waals surface area contributed by atoms with Crippen molar-refractivity contribution in [2.24, 2.45) is 5.73 Å². The van der Waals surface area contributed by atoms with Gasteiger partial charge >= 0.3 is 0 Å². The minimum atomic E-state index is -3.68. The van der Waals surface area contributed by atoms with Crippen LogP contribution in [-0.2, 0) is 16.6 Å². The second-order valence-electron chi connectivity index (χ2n) is 7.22. The van der Waals surface area contributed by atoms with Crippen molar-refractivity contribution in [3.8, 4) is 5.75 Å². The first-order valence-corrected chi connectivity index (χ1v) is 11.0. The number of carbonyl (C=O) groups is 1. The molecule has 2 N–H and O–H groups in total. The Morgan fingerprint density at radius 3 is 2.45 bits per heavy atom. The standard InChI is InChI=1S/C21H27N3O4S/c1-16-4-9-19(14-20(16)21(22)25)29(26,27)24-11-3-10-23(12-13-24)15-17-5-7-18(28-2)8-6-17/h4-9,14H,3,10-13,15H2,1-2H3,(H2,22,25). The molecule has 0 unspecified atom stereocenters. The maximum atomic E-state index is 13.1. The quantitative estimate of drug-likeness (QED) is 0.776. The van der Waals surface area contributed by atoms with Crippen molar-refractivity contribution in [1.82, 2.24) is 9.21 Å². The molecule has 0 radical (unpaired) electrons. The second-order valence-corrected chi connectivity index (χ2v) is 9.16. The Morgan fingerprint density at radius 2 is 1.79 bits per heavy atom. The summed E-state index contributed by atoms with van der Waals surface area (Å²) in [6, 6.07) is 12.5. The number of nitrogens with zero attached hydrogens (tertiary/aromatic N) is 2. The lowest BCUT2D eigenvalue weighted by atomic mass is 10.1. The van der Waals surface area contributed by atoms with Gasteiger partial charge in [0.15, 0.2) is 0 Å². The summed E-state index contributed by atoms with van der Waals surface area (Å²) >= 11 is 0. The Labute approximate surface area is 172 Å². The number of amides is 1. The first-order chi connectivity index (χ1) is 13.8. The van der Waals surface area contributed by atoms with Gasteiger partial charge in [-0.1, -0.05) is 18.2 Å². The van der Waals surface area contributed by atoms with Crippen molar-refractivity contribution >= 4 is 15.9 Å². The van der Waals surface area contributed by atoms with E-state index in [1.54, 1.807) is 20.1 Å². The van der Waals surface area contributed by atoms with E-state index < -0.39 is 15.9 Å². The van der Waals surface area contributed by atoms with E-state index in [0.29, 0.717) is 25.2 Å². The van der Waals surface area contributed by atoms with Crippen molar-refractivity contribution in [2.45, 2.75) is 24.8 Å². The molecule has 1 heterocycles. The van der Waals surface area contributed by atoms with Gasteiger partial charge in [0.05, 0.1) is 12.0 Å². The molecule has 0 bridgehead atoms. The number of aryl methyl sites for hydroxylation is 1. The lowest BCUT2D eigenvalue weighted by molar-refractivity contribution is 0.0999. The summed E-state index contributed by atoms with van der Waals surface area (Å²) in [7, 11) is -2.04. The Hall–Kier alpha value is -2.42. The van der Waals surface area contributed by atoms with Crippen molar-refractivity contribution in [1.29, 1.82) is 0 Å². The zero-order valence-electron chi connectivity index (χ0n) is 16.8. The molecule has 0 atom stereocenters. The average Bonchev–Trinajstić information content (AvgIpc) is 2.94. The van der Waals surface area contributed by atoms with Crippen LogP contribution in [0.1, 0.15) is 27.9 Å². The Morgan fingerprint density at radius 1 is 1.07 bits per heavy atom. The minimum Gasteiger partial charge on any atom is -0.497 e. The van der Waals surface area contributed by atoms with Gasteiger partial charge in [0.1, 0.15) is 5.75 Å². The number of sulfonamides is 1. The van der Waals surface area contributed by atoms with Crippen LogP contribution in [0.4, 0.5) is 0 Å². The zero-order chi connectivity index (χ0) is 21.0. The van der Waals surface area contributed by atoms with E-state index >= 15 is 0 Å². The molecule has 1 aliphatic heterocycles. The lowest BCUT2D eigenvalue weighted by Gasteiger charge is -2.22. The average molecular weight is 418 g/mol. The van der Waals surface area contributed by atoms with E-state index in [2.05, 4.69) is 4.90 Å². The SMILES string of the molecule is COc1ccc(CN2CCCN(S(=O)(=O)c3ccc(C)c(C(N)=O)c3)CC2)cc1. The highest BCUT2D eigenvalue weighted by atomic mass is 32.2. The second kappa shape index (κ2) is 8.94. The number of hydrogen-bond acceptors (Lipinski definition) is 5. The van der Waals surface area contributed by atoms with E-state index in [1.165, 1.54) is 16.4 Å². The molecule has 156 valence electrons. The van der Waals surface area contributed by atoms with Crippen molar-refractivity contribution in [3.05, 3.63) is 59.2 Å². The van der Waals surface area contributed by atoms with Gasteiger partial charge in [0, 0.05) is 31.7 Å². The predicted molar refractivity (Wildman–Crippen MR) is 111 cm³/mol. The molecule has 7 nitrogen and oxygen atoms in total. The summed E-state index contributed by atoms with van der Waals surface area (Å²) in [6.07, 6.45) is 0.740. The first-order valence-electron chi connectivity index (χ1n) is 9.57. The van der Waals surface area contributed by atoms with Gasteiger partial charge in [-0.2, -0.15) is 4.31 Å². The van der Waals surface area contributed by atoms with Crippen LogP contribution in [0.5, 0.6) is 5.75 Å². The third-order valence-corrected chi connectivity index (χ3v) is 7.12. The Kier molecular flexibility index (Phi) is 6.56. The van der Waals surface area contributed by atoms with Crippen molar-refractivity contribution in [3.63, 3.8) is 0 Å². The van der Waals surface area contributed by atoms with Crippen molar-refractivity contribution < 1.29 is 17.9 Å². The highest BCUT2D eigenvalue weighted by molar-refractivity contribution is 7.89. The smallest absolute Gasteiger partial charge is 0.249 e. The highest BCUT2D eigenvalue weighted by Crippen LogP contribution is 2.21. The van der Waals surface area contributed by atoms with Crippen LogP contribution in [0.3, 0.4) is 0 Å². The summed E-state index contributed by atoms with van der Waals surface area (Å²) in [6.45, 7) is 4.80. The van der Waals surface area contributed by atoms with Crippen LogP contribution in [0.2, 0.25) is 0 Å². The summed E-state index contributed by atoms with van der Waals surface area (Å²) in [5.74, 6) is 0.191. The number of carbonyl (C=O) groups excluding carboxylic acids is 1. The molecule has 2 aromatic carbocycles. The van der Waals surface area contributed by atoms with Gasteiger partial charge in [-0.25, -0.2) is 8.42 Å². The largest absolute Gasteiger partial charge is 0.497 e. The van der Waals surface area contributed by atoms with Crippen LogP contribution in [0, 0.1) is 6.92 Å². The van der Waals surface area contributed by atoms with E-state index in [9.17, 15) is 13.2 Å². The summed E-state index contributed by atoms with van der Waals surface area (Å²) in [5.41, 5.74) is 7.44. The van der Waals surface area contributed by atoms with Gasteiger partial charge in [-0.05, 0) is 55.3 Å². The van der Waals surface area contributed by atoms with Gasteiger partial charge < -0.3 is 10.5 Å². The zero-order valence-corrected chi connectivity index (χ0v) is 17.6. The Bertz CT molecular complexity index is 974. The minimum absolute atomic E-state index is 0.112. The van der Waals surface area contributed by atoms with Crippen LogP contribution in [0.25, 0.3) is 0 Å². The maximum Gasteiger partial charge on any atom is 0.249 e. The third-order valence-electron chi connectivity index (χ3n) is 5.22. The van der Waals surface area contributed by atoms with E-state index in [4.69, 9.17) is 10.5 Å². The summed E-state index contributed by atoms with van der Waals surface area (Å²) in [4.78, 5) is 14.0. The van der Waals surface area contributed by atoms with Crippen LogP contribution < -0.4 is 10.5 Å². The molecule has 8 heteroatoms. The van der Waals surface area contributed by atoms with Crippen molar-refractivity contribution in [2.75, 3.05) is 33.3 Å². The van der Waals surface area contributed by atoms with E-state index in [-0.39, 0.29) is 10.5 Å². The monoisotopic (exact) mass is 417 g/mol.